The molecule has 0 aliphatic carbocycles. The molecular weight excluding hydrogens is 336 g/mol. The second-order valence-electron chi connectivity index (χ2n) is 6.11. The molecule has 2 aromatic carbocycles. The molecule has 6 heteroatoms. The van der Waals surface area contributed by atoms with Crippen molar-refractivity contribution < 1.29 is 13.2 Å². The van der Waals surface area contributed by atoms with Gasteiger partial charge in [-0.1, -0.05) is 36.4 Å². The van der Waals surface area contributed by atoms with Crippen LogP contribution < -0.4 is 9.21 Å². The van der Waals surface area contributed by atoms with Gasteiger partial charge in [0.05, 0.1) is 11.9 Å². The Balaban J connectivity index is 2.21. The second-order valence-corrected chi connectivity index (χ2v) is 8.02. The number of carbonyl (C=O) groups excluding carboxylic acids is 1. The normalized spacial score (nSPS) is 11.2. The average molecular weight is 360 g/mol. The van der Waals surface area contributed by atoms with Gasteiger partial charge < -0.3 is 4.90 Å². The van der Waals surface area contributed by atoms with Gasteiger partial charge in [0, 0.05) is 25.7 Å². The summed E-state index contributed by atoms with van der Waals surface area (Å²) >= 11 is 0. The smallest absolute Gasteiger partial charge is 0.232 e. The van der Waals surface area contributed by atoms with Crippen molar-refractivity contribution >= 4 is 27.3 Å². The van der Waals surface area contributed by atoms with E-state index >= 15 is 0 Å². The zero-order valence-corrected chi connectivity index (χ0v) is 15.9. The summed E-state index contributed by atoms with van der Waals surface area (Å²) in [5.41, 5.74) is 3.18. The third-order valence-corrected chi connectivity index (χ3v) is 5.30. The van der Waals surface area contributed by atoms with Crippen molar-refractivity contribution in [3.05, 3.63) is 59.7 Å². The van der Waals surface area contributed by atoms with Crippen molar-refractivity contribution in [2.75, 3.05) is 29.1 Å². The fourth-order valence-electron chi connectivity index (χ4n) is 2.80. The lowest BCUT2D eigenvalue weighted by molar-refractivity contribution is -0.118. The van der Waals surface area contributed by atoms with Crippen molar-refractivity contribution in [2.45, 2.75) is 20.3 Å². The lowest BCUT2D eigenvalue weighted by atomic mass is 10.1. The predicted octanol–water partition coefficient (Wildman–Crippen LogP) is 3.12. The number of para-hydroxylation sites is 2. The molecular formula is C19H24N2O3S. The summed E-state index contributed by atoms with van der Waals surface area (Å²) in [6, 6.07) is 14.9. The van der Waals surface area contributed by atoms with Crippen molar-refractivity contribution in [1.82, 2.24) is 0 Å². The Kier molecular flexibility index (Phi) is 5.85. The van der Waals surface area contributed by atoms with Crippen molar-refractivity contribution in [3.63, 3.8) is 0 Å². The van der Waals surface area contributed by atoms with E-state index in [1.54, 1.807) is 11.9 Å². The molecule has 2 aromatic rings. The highest BCUT2D eigenvalue weighted by Crippen LogP contribution is 2.27. The number of anilines is 2. The van der Waals surface area contributed by atoms with Gasteiger partial charge in [-0.15, -0.1) is 0 Å². The maximum Gasteiger partial charge on any atom is 0.232 e. The molecule has 0 saturated carbocycles. The highest BCUT2D eigenvalue weighted by molar-refractivity contribution is 7.92. The summed E-state index contributed by atoms with van der Waals surface area (Å²) in [7, 11) is -1.79. The van der Waals surface area contributed by atoms with E-state index in [1.807, 2.05) is 62.4 Å². The van der Waals surface area contributed by atoms with Gasteiger partial charge in [-0.25, -0.2) is 8.42 Å². The zero-order valence-electron chi connectivity index (χ0n) is 15.1. The summed E-state index contributed by atoms with van der Waals surface area (Å²) in [5.74, 6) is -0.133. The summed E-state index contributed by atoms with van der Waals surface area (Å²) < 4.78 is 25.9. The highest BCUT2D eigenvalue weighted by Gasteiger charge is 2.22. The van der Waals surface area contributed by atoms with Crippen LogP contribution in [-0.4, -0.2) is 34.2 Å². The number of aryl methyl sites for hydroxylation is 2. The second kappa shape index (κ2) is 7.70. The molecule has 134 valence electrons. The van der Waals surface area contributed by atoms with Crippen LogP contribution in [0.3, 0.4) is 0 Å². The topological polar surface area (TPSA) is 57.7 Å². The molecule has 2 rings (SSSR count). The fraction of sp³-hybridized carbons (Fsp3) is 0.316. The number of rotatable bonds is 6. The van der Waals surface area contributed by atoms with E-state index in [4.69, 9.17) is 0 Å². The van der Waals surface area contributed by atoms with Crippen LogP contribution >= 0.6 is 0 Å². The molecule has 5 nitrogen and oxygen atoms in total. The summed E-state index contributed by atoms with van der Waals surface area (Å²) in [6.07, 6.45) is 1.27. The number of sulfonamides is 1. The van der Waals surface area contributed by atoms with Crippen LogP contribution in [0.2, 0.25) is 0 Å². The first kappa shape index (κ1) is 19.0. The largest absolute Gasteiger partial charge is 0.315 e. The van der Waals surface area contributed by atoms with Gasteiger partial charge in [-0.05, 0) is 37.1 Å². The molecule has 1 amide bonds. The average Bonchev–Trinajstić information content (AvgIpc) is 2.56. The third kappa shape index (κ3) is 4.60. The van der Waals surface area contributed by atoms with Crippen LogP contribution in [0.4, 0.5) is 11.4 Å². The maximum atomic E-state index is 12.5. The summed E-state index contributed by atoms with van der Waals surface area (Å²) in [4.78, 5) is 14.0. The molecule has 0 heterocycles. The Morgan fingerprint density at radius 1 is 0.960 bits per heavy atom. The molecule has 0 bridgehead atoms. The van der Waals surface area contributed by atoms with Gasteiger partial charge in [0.25, 0.3) is 0 Å². The van der Waals surface area contributed by atoms with Crippen LogP contribution in [0, 0.1) is 13.8 Å². The Labute approximate surface area is 149 Å². The minimum Gasteiger partial charge on any atom is -0.315 e. The van der Waals surface area contributed by atoms with Crippen LogP contribution in [0.5, 0.6) is 0 Å². The summed E-state index contributed by atoms with van der Waals surface area (Å²) in [6.45, 7) is 3.86. The number of carbonyl (C=O) groups is 1. The van der Waals surface area contributed by atoms with Gasteiger partial charge in [0.1, 0.15) is 0 Å². The van der Waals surface area contributed by atoms with E-state index in [-0.39, 0.29) is 18.9 Å². The molecule has 0 aromatic heterocycles. The zero-order chi connectivity index (χ0) is 18.6. The fourth-order valence-corrected chi connectivity index (χ4v) is 3.85. The van der Waals surface area contributed by atoms with Crippen LogP contribution in [0.1, 0.15) is 17.5 Å². The van der Waals surface area contributed by atoms with Gasteiger partial charge >= 0.3 is 0 Å². The van der Waals surface area contributed by atoms with Gasteiger partial charge in [0.15, 0.2) is 0 Å². The molecule has 0 saturated heterocycles. The van der Waals surface area contributed by atoms with Crippen molar-refractivity contribution in [1.29, 1.82) is 0 Å². The molecule has 25 heavy (non-hydrogen) atoms. The van der Waals surface area contributed by atoms with Crippen molar-refractivity contribution in [3.8, 4) is 0 Å². The lowest BCUT2D eigenvalue weighted by Gasteiger charge is -2.26. The maximum absolute atomic E-state index is 12.5. The quantitative estimate of drug-likeness (QED) is 0.795. The van der Waals surface area contributed by atoms with Crippen molar-refractivity contribution in [2.24, 2.45) is 0 Å². The van der Waals surface area contributed by atoms with Gasteiger partial charge in [-0.2, -0.15) is 0 Å². The van der Waals surface area contributed by atoms with Gasteiger partial charge in [-0.3, -0.25) is 9.10 Å². The number of nitrogens with zero attached hydrogens (tertiary/aromatic N) is 2. The molecule has 0 unspecified atom stereocenters. The predicted molar refractivity (Wildman–Crippen MR) is 103 cm³/mol. The van der Waals surface area contributed by atoms with Crippen LogP contribution in [0.15, 0.2) is 48.5 Å². The molecule has 0 radical (unpaired) electrons. The SMILES string of the molecule is Cc1cccc(C)c1N(CCC(=O)N(C)c1ccccc1)S(C)(=O)=O. The van der Waals surface area contributed by atoms with E-state index in [1.165, 1.54) is 10.6 Å². The Hall–Kier alpha value is -2.34. The molecule has 0 atom stereocenters. The molecule has 0 spiro atoms. The molecule has 0 fully saturated rings. The molecule has 0 aliphatic heterocycles. The Bertz CT molecular complexity index is 828. The minimum absolute atomic E-state index is 0.103. The standard InChI is InChI=1S/C19H24N2O3S/c1-15-9-8-10-16(2)19(15)21(25(4,23)24)14-13-18(22)20(3)17-11-6-5-7-12-17/h5-12H,13-14H2,1-4H3. The number of hydrogen-bond donors (Lipinski definition) is 0. The van der Waals surface area contributed by atoms with Crippen LogP contribution in [0.25, 0.3) is 0 Å². The Morgan fingerprint density at radius 2 is 1.52 bits per heavy atom. The molecule has 0 aliphatic rings. The number of amides is 1. The minimum atomic E-state index is -3.49. The lowest BCUT2D eigenvalue weighted by Crippen LogP contribution is -2.36. The number of hydrogen-bond acceptors (Lipinski definition) is 3. The highest BCUT2D eigenvalue weighted by atomic mass is 32.2. The first-order chi connectivity index (χ1) is 11.7. The molecule has 0 N–H and O–H groups in total. The van der Waals surface area contributed by atoms with Gasteiger partial charge in [0.2, 0.25) is 15.9 Å². The van der Waals surface area contributed by atoms with E-state index in [0.29, 0.717) is 5.69 Å². The first-order valence-electron chi connectivity index (χ1n) is 8.07. The van der Waals surface area contributed by atoms with E-state index in [2.05, 4.69) is 0 Å². The summed E-state index contributed by atoms with van der Waals surface area (Å²) in [5, 5.41) is 0. The van der Waals surface area contributed by atoms with Crippen LogP contribution in [-0.2, 0) is 14.8 Å². The number of benzene rings is 2. The third-order valence-electron chi connectivity index (χ3n) is 4.14. The van der Waals surface area contributed by atoms with E-state index in [9.17, 15) is 13.2 Å². The monoisotopic (exact) mass is 360 g/mol. The van der Waals surface area contributed by atoms with E-state index < -0.39 is 10.0 Å². The first-order valence-corrected chi connectivity index (χ1v) is 9.92. The van der Waals surface area contributed by atoms with E-state index in [0.717, 1.165) is 16.8 Å². The Morgan fingerprint density at radius 3 is 2.04 bits per heavy atom.